The van der Waals surface area contributed by atoms with E-state index in [0.717, 1.165) is 5.56 Å². The van der Waals surface area contributed by atoms with Crippen LogP contribution in [0.1, 0.15) is 21.6 Å². The Balaban J connectivity index is 2.01. The summed E-state index contributed by atoms with van der Waals surface area (Å²) >= 11 is 0. The van der Waals surface area contributed by atoms with Gasteiger partial charge >= 0.3 is 5.97 Å². The van der Waals surface area contributed by atoms with Crippen LogP contribution in [0.2, 0.25) is 0 Å². The summed E-state index contributed by atoms with van der Waals surface area (Å²) in [6.07, 6.45) is 4.26. The maximum Gasteiger partial charge on any atom is 0.339 e. The van der Waals surface area contributed by atoms with Gasteiger partial charge in [-0.25, -0.2) is 19.7 Å². The zero-order valence-corrected chi connectivity index (χ0v) is 10.9. The highest BCUT2D eigenvalue weighted by Crippen LogP contribution is 2.13. The molecule has 0 radical (unpaired) electrons. The summed E-state index contributed by atoms with van der Waals surface area (Å²) in [5, 5.41) is 12.1. The van der Waals surface area contributed by atoms with Gasteiger partial charge < -0.3 is 15.2 Å². The first-order chi connectivity index (χ1) is 9.72. The molecule has 0 aliphatic carbocycles. The number of carbonyl (C=O) groups is 1. The summed E-state index contributed by atoms with van der Waals surface area (Å²) < 4.78 is 5.14. The minimum absolute atomic E-state index is 0.0955. The van der Waals surface area contributed by atoms with E-state index < -0.39 is 5.97 Å². The summed E-state index contributed by atoms with van der Waals surface area (Å²) in [5.41, 5.74) is 1.43. The van der Waals surface area contributed by atoms with Crippen molar-refractivity contribution in [3.8, 4) is 5.88 Å². The summed E-state index contributed by atoms with van der Waals surface area (Å²) in [6, 6.07) is 3.70. The zero-order valence-electron chi connectivity index (χ0n) is 10.9. The molecule has 0 aliphatic heterocycles. The van der Waals surface area contributed by atoms with Gasteiger partial charge in [-0.15, -0.1) is 0 Å². The average Bonchev–Trinajstić information content (AvgIpc) is 2.48. The molecule has 0 spiro atoms. The number of aromatic carboxylic acids is 1. The molecule has 7 heteroatoms. The number of methoxy groups -OCH3 is 1. The number of rotatable bonds is 6. The molecule has 2 aromatic rings. The molecule has 104 valence electrons. The van der Waals surface area contributed by atoms with Crippen LogP contribution in [0.15, 0.2) is 30.9 Å². The predicted molar refractivity (Wildman–Crippen MR) is 70.3 cm³/mol. The number of hydrogen-bond donors (Lipinski definition) is 2. The van der Waals surface area contributed by atoms with Gasteiger partial charge in [0.1, 0.15) is 11.9 Å². The minimum Gasteiger partial charge on any atom is -0.481 e. The van der Waals surface area contributed by atoms with Crippen LogP contribution in [-0.4, -0.2) is 33.1 Å². The van der Waals surface area contributed by atoms with Gasteiger partial charge in [0.05, 0.1) is 12.8 Å². The molecular weight excluding hydrogens is 260 g/mol. The Morgan fingerprint density at radius 2 is 2.25 bits per heavy atom. The number of carboxylic acids is 1. The lowest BCUT2D eigenvalue weighted by Gasteiger charge is -2.09. The van der Waals surface area contributed by atoms with E-state index in [1.807, 2.05) is 12.1 Å². The quantitative estimate of drug-likeness (QED) is 0.806. The van der Waals surface area contributed by atoms with Crippen LogP contribution in [-0.2, 0) is 13.1 Å². The lowest BCUT2D eigenvalue weighted by Crippen LogP contribution is -2.17. The van der Waals surface area contributed by atoms with Gasteiger partial charge in [0.25, 0.3) is 0 Å². The van der Waals surface area contributed by atoms with Gasteiger partial charge in [0, 0.05) is 31.0 Å². The standard InChI is InChI=1S/C13H14N4O3/c1-20-12-9(3-2-4-16-12)5-14-7-11-10(13(18)19)6-15-8-17-11/h2-4,6,8,14H,5,7H2,1H3,(H,18,19). The Morgan fingerprint density at radius 3 is 3.00 bits per heavy atom. The molecule has 2 heterocycles. The van der Waals surface area contributed by atoms with Crippen molar-refractivity contribution in [1.82, 2.24) is 20.3 Å². The highest BCUT2D eigenvalue weighted by atomic mass is 16.5. The normalized spacial score (nSPS) is 10.2. The number of aromatic nitrogens is 3. The molecule has 0 fully saturated rings. The van der Waals surface area contributed by atoms with Crippen molar-refractivity contribution < 1.29 is 14.6 Å². The van der Waals surface area contributed by atoms with E-state index in [4.69, 9.17) is 9.84 Å². The van der Waals surface area contributed by atoms with E-state index in [2.05, 4.69) is 20.3 Å². The molecule has 0 amide bonds. The number of nitrogens with zero attached hydrogens (tertiary/aromatic N) is 3. The van der Waals surface area contributed by atoms with E-state index in [1.54, 1.807) is 13.3 Å². The summed E-state index contributed by atoms with van der Waals surface area (Å²) in [7, 11) is 1.55. The van der Waals surface area contributed by atoms with Crippen molar-refractivity contribution in [2.24, 2.45) is 0 Å². The van der Waals surface area contributed by atoms with E-state index in [-0.39, 0.29) is 5.56 Å². The Labute approximate surface area is 115 Å². The molecule has 0 saturated carbocycles. The van der Waals surface area contributed by atoms with Crippen LogP contribution < -0.4 is 10.1 Å². The Kier molecular flexibility index (Phi) is 4.56. The molecule has 0 atom stereocenters. The highest BCUT2D eigenvalue weighted by molar-refractivity contribution is 5.88. The molecule has 7 nitrogen and oxygen atoms in total. The van der Waals surface area contributed by atoms with E-state index in [9.17, 15) is 4.79 Å². The molecule has 2 N–H and O–H groups in total. The largest absolute Gasteiger partial charge is 0.481 e. The fraction of sp³-hybridized carbons (Fsp3) is 0.231. The first kappa shape index (κ1) is 13.9. The van der Waals surface area contributed by atoms with Crippen LogP contribution in [0.3, 0.4) is 0 Å². The number of nitrogens with one attached hydrogen (secondary N) is 1. The van der Waals surface area contributed by atoms with Crippen LogP contribution in [0.5, 0.6) is 5.88 Å². The number of hydrogen-bond acceptors (Lipinski definition) is 6. The van der Waals surface area contributed by atoms with E-state index in [1.165, 1.54) is 12.5 Å². The van der Waals surface area contributed by atoms with Crippen molar-refractivity contribution in [2.45, 2.75) is 13.1 Å². The molecular formula is C13H14N4O3. The molecule has 0 aliphatic rings. The fourth-order valence-corrected chi connectivity index (χ4v) is 1.73. The first-order valence-electron chi connectivity index (χ1n) is 5.93. The molecule has 20 heavy (non-hydrogen) atoms. The lowest BCUT2D eigenvalue weighted by molar-refractivity contribution is 0.0694. The van der Waals surface area contributed by atoms with Crippen LogP contribution >= 0.6 is 0 Å². The highest BCUT2D eigenvalue weighted by Gasteiger charge is 2.11. The van der Waals surface area contributed by atoms with Gasteiger partial charge in [-0.2, -0.15) is 0 Å². The average molecular weight is 274 g/mol. The van der Waals surface area contributed by atoms with Crippen molar-refractivity contribution >= 4 is 5.97 Å². The Bertz CT molecular complexity index is 604. The van der Waals surface area contributed by atoms with Crippen molar-refractivity contribution in [3.05, 3.63) is 47.7 Å². The first-order valence-corrected chi connectivity index (χ1v) is 5.93. The Hall–Kier alpha value is -2.54. The van der Waals surface area contributed by atoms with Crippen molar-refractivity contribution in [3.63, 3.8) is 0 Å². The monoisotopic (exact) mass is 274 g/mol. The van der Waals surface area contributed by atoms with Crippen LogP contribution in [0.25, 0.3) is 0 Å². The molecule has 0 saturated heterocycles. The molecule has 0 aromatic carbocycles. The third kappa shape index (κ3) is 3.27. The zero-order chi connectivity index (χ0) is 14.4. The van der Waals surface area contributed by atoms with Gasteiger partial charge in [0.15, 0.2) is 0 Å². The molecule has 0 unspecified atom stereocenters. The summed E-state index contributed by atoms with van der Waals surface area (Å²) in [5.74, 6) is -0.498. The van der Waals surface area contributed by atoms with Gasteiger partial charge in [-0.3, -0.25) is 0 Å². The van der Waals surface area contributed by atoms with Crippen molar-refractivity contribution in [2.75, 3.05) is 7.11 Å². The van der Waals surface area contributed by atoms with Crippen LogP contribution in [0, 0.1) is 0 Å². The second-order valence-electron chi connectivity index (χ2n) is 3.96. The van der Waals surface area contributed by atoms with Gasteiger partial charge in [-0.1, -0.05) is 6.07 Å². The second-order valence-corrected chi connectivity index (χ2v) is 3.96. The van der Waals surface area contributed by atoms with E-state index in [0.29, 0.717) is 24.7 Å². The number of pyridine rings is 1. The SMILES string of the molecule is COc1ncccc1CNCc1ncncc1C(=O)O. The molecule has 2 rings (SSSR count). The third-order valence-corrected chi connectivity index (χ3v) is 2.68. The van der Waals surface area contributed by atoms with Gasteiger partial charge in [0.2, 0.25) is 5.88 Å². The van der Waals surface area contributed by atoms with E-state index >= 15 is 0 Å². The Morgan fingerprint density at radius 1 is 1.40 bits per heavy atom. The lowest BCUT2D eigenvalue weighted by atomic mass is 10.2. The summed E-state index contributed by atoms with van der Waals surface area (Å²) in [6.45, 7) is 0.822. The molecule has 0 bridgehead atoms. The molecule has 2 aromatic heterocycles. The van der Waals surface area contributed by atoms with Gasteiger partial charge in [-0.05, 0) is 6.07 Å². The predicted octanol–water partition coefficient (Wildman–Crippen LogP) is 0.868. The maximum absolute atomic E-state index is 11.0. The van der Waals surface area contributed by atoms with Crippen molar-refractivity contribution in [1.29, 1.82) is 0 Å². The minimum atomic E-state index is -1.04. The number of carboxylic acid groups (broad SMARTS) is 1. The fourth-order valence-electron chi connectivity index (χ4n) is 1.73. The topological polar surface area (TPSA) is 97.2 Å². The van der Waals surface area contributed by atoms with Crippen LogP contribution in [0.4, 0.5) is 0 Å². The second kappa shape index (κ2) is 6.58. The maximum atomic E-state index is 11.0. The third-order valence-electron chi connectivity index (χ3n) is 2.68. The smallest absolute Gasteiger partial charge is 0.339 e. The number of ether oxygens (including phenoxy) is 1. The summed E-state index contributed by atoms with van der Waals surface area (Å²) in [4.78, 5) is 22.8.